The maximum atomic E-state index is 14.6. The molecule has 224 valence electrons. The third kappa shape index (κ3) is 5.01. The molecule has 8 nitrogen and oxygen atoms in total. The molecule has 44 heavy (non-hydrogen) atoms. The highest BCUT2D eigenvalue weighted by Crippen LogP contribution is 2.40. The number of methoxy groups -OCH3 is 1. The van der Waals surface area contributed by atoms with Gasteiger partial charge in [0.05, 0.1) is 36.2 Å². The molecule has 0 saturated carbocycles. The van der Waals surface area contributed by atoms with E-state index in [9.17, 15) is 14.4 Å². The molecule has 1 amide bonds. The summed E-state index contributed by atoms with van der Waals surface area (Å²) in [4.78, 5) is 49.5. The number of fused-ring (bicyclic) bond motifs is 2. The highest BCUT2D eigenvalue weighted by molar-refractivity contribution is 9.10. The third-order valence-electron chi connectivity index (χ3n) is 7.72. The lowest BCUT2D eigenvalue weighted by atomic mass is 9.92. The summed E-state index contributed by atoms with van der Waals surface area (Å²) in [6.07, 6.45) is 1.76. The van der Waals surface area contributed by atoms with Crippen molar-refractivity contribution >= 4 is 56.1 Å². The molecular formula is C34H30BrN3O5S. The number of rotatable bonds is 8. The molecule has 1 atom stereocenters. The van der Waals surface area contributed by atoms with Crippen molar-refractivity contribution in [1.29, 1.82) is 0 Å². The van der Waals surface area contributed by atoms with Crippen LogP contribution in [0.5, 0.6) is 5.75 Å². The Bertz CT molecular complexity index is 2000. The van der Waals surface area contributed by atoms with Gasteiger partial charge in [-0.1, -0.05) is 89.1 Å². The van der Waals surface area contributed by atoms with Crippen molar-refractivity contribution in [2.45, 2.75) is 32.7 Å². The number of carbonyl (C=O) groups is 2. The second kappa shape index (κ2) is 12.4. The van der Waals surface area contributed by atoms with Crippen LogP contribution in [-0.2, 0) is 14.3 Å². The van der Waals surface area contributed by atoms with Crippen LogP contribution in [0.25, 0.3) is 11.3 Å². The van der Waals surface area contributed by atoms with Crippen LogP contribution in [0.4, 0.5) is 5.69 Å². The summed E-state index contributed by atoms with van der Waals surface area (Å²) in [7, 11) is 1.55. The van der Waals surface area contributed by atoms with Crippen LogP contribution >= 0.6 is 27.3 Å². The molecule has 0 radical (unpaired) electrons. The number of esters is 1. The number of benzene rings is 3. The third-order valence-corrected chi connectivity index (χ3v) is 9.27. The van der Waals surface area contributed by atoms with Gasteiger partial charge in [-0.3, -0.25) is 14.2 Å². The fraction of sp³-hybridized carbons (Fsp3) is 0.235. The number of aromatic nitrogens is 1. The van der Waals surface area contributed by atoms with Gasteiger partial charge < -0.3 is 14.4 Å². The minimum Gasteiger partial charge on any atom is -0.496 e. The van der Waals surface area contributed by atoms with E-state index < -0.39 is 17.6 Å². The first-order valence-corrected chi connectivity index (χ1v) is 16.1. The summed E-state index contributed by atoms with van der Waals surface area (Å²) < 4.78 is 13.9. The molecule has 3 heterocycles. The Morgan fingerprint density at radius 2 is 1.77 bits per heavy atom. The molecular weight excluding hydrogens is 642 g/mol. The number of para-hydroxylation sites is 1. The number of carbonyl (C=O) groups excluding carboxylic acids is 2. The standard InChI is InChI=1S/C34H30BrN3O5S/c1-4-6-18-37-24-15-11-10-14-22(24)26(31(37)39)30-32(40)38-29(23-19-21(35)16-17-25(23)42-3)27(33(41)43-5-2)28(36-34(38)44-30)20-12-8-7-9-13-20/h7-17,19,29H,4-6,18H2,1-3H3/b30-26-/t29-/m1/s1. The smallest absolute Gasteiger partial charge is 0.338 e. The van der Waals surface area contributed by atoms with Crippen LogP contribution in [-0.4, -0.2) is 36.7 Å². The SMILES string of the molecule is CCCCN1C(=O)/C(=c2\sc3n(c2=O)[C@H](c2cc(Br)ccc2OC)C(C(=O)OCC)=C(c2ccccc2)N=3)c2ccccc21. The first kappa shape index (κ1) is 29.8. The predicted molar refractivity (Wildman–Crippen MR) is 174 cm³/mol. The maximum absolute atomic E-state index is 14.6. The summed E-state index contributed by atoms with van der Waals surface area (Å²) in [5.41, 5.74) is 3.32. The Hall–Kier alpha value is -4.28. The number of halogens is 1. The minimum absolute atomic E-state index is 0.139. The zero-order valence-corrected chi connectivity index (χ0v) is 26.9. The number of anilines is 1. The molecule has 2 aliphatic heterocycles. The molecule has 0 N–H and O–H groups in total. The molecule has 3 aromatic carbocycles. The first-order chi connectivity index (χ1) is 21.4. The Morgan fingerprint density at radius 3 is 2.50 bits per heavy atom. The molecule has 2 aliphatic rings. The number of hydrogen-bond acceptors (Lipinski definition) is 7. The second-order valence-corrected chi connectivity index (χ2v) is 12.2. The molecule has 0 fully saturated rings. The number of nitrogens with zero attached hydrogens (tertiary/aromatic N) is 3. The average molecular weight is 673 g/mol. The van der Waals surface area contributed by atoms with Gasteiger partial charge in [-0.05, 0) is 37.6 Å². The van der Waals surface area contributed by atoms with Gasteiger partial charge >= 0.3 is 5.97 Å². The Labute approximate surface area is 266 Å². The van der Waals surface area contributed by atoms with Crippen molar-refractivity contribution in [1.82, 2.24) is 4.57 Å². The summed E-state index contributed by atoms with van der Waals surface area (Å²) in [5.74, 6) is -0.317. The van der Waals surface area contributed by atoms with Crippen LogP contribution in [0.3, 0.4) is 0 Å². The van der Waals surface area contributed by atoms with Crippen LogP contribution in [0.15, 0.2) is 92.6 Å². The number of hydrogen-bond donors (Lipinski definition) is 0. The van der Waals surface area contributed by atoms with Gasteiger partial charge in [0, 0.05) is 27.7 Å². The molecule has 10 heteroatoms. The zero-order valence-electron chi connectivity index (χ0n) is 24.5. The lowest BCUT2D eigenvalue weighted by molar-refractivity contribution is -0.138. The molecule has 0 bridgehead atoms. The van der Waals surface area contributed by atoms with Crippen LogP contribution in [0.1, 0.15) is 49.4 Å². The zero-order chi connectivity index (χ0) is 31.0. The number of thiazole rings is 1. The lowest BCUT2D eigenvalue weighted by Gasteiger charge is -2.27. The summed E-state index contributed by atoms with van der Waals surface area (Å²) >= 11 is 4.71. The number of unbranched alkanes of at least 4 members (excludes halogenated alkanes) is 1. The molecule has 0 aliphatic carbocycles. The minimum atomic E-state index is -0.940. The van der Waals surface area contributed by atoms with Gasteiger partial charge in [0.25, 0.3) is 11.5 Å². The van der Waals surface area contributed by atoms with Gasteiger partial charge in [-0.15, -0.1) is 0 Å². The summed E-state index contributed by atoms with van der Waals surface area (Å²) in [6, 6.07) is 21.4. The topological polar surface area (TPSA) is 90.2 Å². The quantitative estimate of drug-likeness (QED) is 0.240. The van der Waals surface area contributed by atoms with E-state index in [1.165, 1.54) is 4.57 Å². The van der Waals surface area contributed by atoms with Gasteiger partial charge in [-0.2, -0.15) is 0 Å². The van der Waals surface area contributed by atoms with Gasteiger partial charge in [0.15, 0.2) is 4.80 Å². The highest BCUT2D eigenvalue weighted by Gasteiger charge is 2.39. The van der Waals surface area contributed by atoms with E-state index in [1.807, 2.05) is 66.7 Å². The monoisotopic (exact) mass is 671 g/mol. The molecule has 4 aromatic rings. The highest BCUT2D eigenvalue weighted by atomic mass is 79.9. The fourth-order valence-corrected chi connectivity index (χ4v) is 7.21. The van der Waals surface area contributed by atoms with Crippen molar-refractivity contribution in [2.75, 3.05) is 25.2 Å². The van der Waals surface area contributed by atoms with E-state index in [2.05, 4.69) is 22.9 Å². The van der Waals surface area contributed by atoms with E-state index in [0.29, 0.717) is 45.1 Å². The maximum Gasteiger partial charge on any atom is 0.338 e. The van der Waals surface area contributed by atoms with E-state index >= 15 is 0 Å². The molecule has 1 aromatic heterocycles. The van der Waals surface area contributed by atoms with Gasteiger partial charge in [-0.25, -0.2) is 9.79 Å². The van der Waals surface area contributed by atoms with Crippen molar-refractivity contribution < 1.29 is 19.1 Å². The molecule has 0 unspecified atom stereocenters. The van der Waals surface area contributed by atoms with E-state index in [1.54, 1.807) is 25.0 Å². The fourth-order valence-electron chi connectivity index (χ4n) is 5.74. The number of ether oxygens (including phenoxy) is 2. The van der Waals surface area contributed by atoms with E-state index in [4.69, 9.17) is 14.5 Å². The Balaban J connectivity index is 1.72. The second-order valence-electron chi connectivity index (χ2n) is 10.3. The van der Waals surface area contributed by atoms with Gasteiger partial charge in [0.1, 0.15) is 16.3 Å². The first-order valence-electron chi connectivity index (χ1n) is 14.4. The van der Waals surface area contributed by atoms with Gasteiger partial charge in [0.2, 0.25) is 0 Å². The van der Waals surface area contributed by atoms with E-state index in [0.717, 1.165) is 34.3 Å². The largest absolute Gasteiger partial charge is 0.496 e. The van der Waals surface area contributed by atoms with Crippen LogP contribution in [0.2, 0.25) is 0 Å². The average Bonchev–Trinajstić information content (AvgIpc) is 3.51. The summed E-state index contributed by atoms with van der Waals surface area (Å²) in [5, 5.41) is 0. The molecule has 0 saturated heterocycles. The predicted octanol–water partition coefficient (Wildman–Crippen LogP) is 5.22. The van der Waals surface area contributed by atoms with E-state index in [-0.39, 0.29) is 22.6 Å². The number of amides is 1. The summed E-state index contributed by atoms with van der Waals surface area (Å²) in [6.45, 7) is 4.50. The van der Waals surface area contributed by atoms with Crippen LogP contribution < -0.4 is 24.5 Å². The molecule has 0 spiro atoms. The van der Waals surface area contributed by atoms with Crippen molar-refractivity contribution in [3.05, 3.63) is 119 Å². The Morgan fingerprint density at radius 1 is 1.02 bits per heavy atom. The Kier molecular flexibility index (Phi) is 8.38. The molecule has 6 rings (SSSR count). The van der Waals surface area contributed by atoms with Crippen molar-refractivity contribution in [3.8, 4) is 5.75 Å². The van der Waals surface area contributed by atoms with Crippen molar-refractivity contribution in [3.63, 3.8) is 0 Å². The van der Waals surface area contributed by atoms with Crippen molar-refractivity contribution in [2.24, 2.45) is 4.99 Å². The lowest BCUT2D eigenvalue weighted by Crippen LogP contribution is -2.41. The van der Waals surface area contributed by atoms with Crippen LogP contribution in [0, 0.1) is 0 Å². The normalized spacial score (nSPS) is 16.9.